The number of pyridine rings is 1. The van der Waals surface area contributed by atoms with E-state index in [-0.39, 0.29) is 11.9 Å². The molecule has 0 aliphatic carbocycles. The first-order valence-corrected chi connectivity index (χ1v) is 7.96. The maximum absolute atomic E-state index is 12.3. The van der Waals surface area contributed by atoms with Crippen LogP contribution in [0.2, 0.25) is 0 Å². The number of carbonyl (C=O) groups excluding carboxylic acids is 1. The van der Waals surface area contributed by atoms with Crippen LogP contribution in [-0.2, 0) is 0 Å². The average Bonchev–Trinajstić information content (AvgIpc) is 3.05. The monoisotopic (exact) mass is 311 g/mol. The van der Waals surface area contributed by atoms with Crippen LogP contribution in [0.25, 0.3) is 0 Å². The standard InChI is InChI=1S/C18H21N3O2/c1-2-23-16-8-6-14(7-9-16)18(22)20-15-10-12-21(13-15)17-5-3-4-11-19-17/h3-9,11,15H,2,10,12-13H2,1H3,(H,20,22). The second-order valence-corrected chi connectivity index (χ2v) is 5.55. The third-order valence-electron chi connectivity index (χ3n) is 3.92. The number of carbonyl (C=O) groups is 1. The molecule has 1 aliphatic heterocycles. The fourth-order valence-electron chi connectivity index (χ4n) is 2.76. The van der Waals surface area contributed by atoms with Crippen molar-refractivity contribution in [3.63, 3.8) is 0 Å². The van der Waals surface area contributed by atoms with Gasteiger partial charge in [-0.3, -0.25) is 4.79 Å². The van der Waals surface area contributed by atoms with Gasteiger partial charge in [0, 0.05) is 30.9 Å². The lowest BCUT2D eigenvalue weighted by Crippen LogP contribution is -2.37. The highest BCUT2D eigenvalue weighted by Crippen LogP contribution is 2.18. The van der Waals surface area contributed by atoms with Crippen molar-refractivity contribution in [3.8, 4) is 5.75 Å². The van der Waals surface area contributed by atoms with E-state index >= 15 is 0 Å². The Morgan fingerprint density at radius 3 is 2.83 bits per heavy atom. The predicted molar refractivity (Wildman–Crippen MR) is 89.9 cm³/mol. The molecule has 2 heterocycles. The van der Waals surface area contributed by atoms with Crippen LogP contribution in [0, 0.1) is 0 Å². The van der Waals surface area contributed by atoms with Gasteiger partial charge < -0.3 is 15.0 Å². The fourth-order valence-corrected chi connectivity index (χ4v) is 2.76. The zero-order chi connectivity index (χ0) is 16.1. The van der Waals surface area contributed by atoms with Crippen LogP contribution in [0.1, 0.15) is 23.7 Å². The number of hydrogen-bond acceptors (Lipinski definition) is 4. The third kappa shape index (κ3) is 3.80. The van der Waals surface area contributed by atoms with Crippen LogP contribution in [0.4, 0.5) is 5.82 Å². The molecule has 1 unspecified atom stereocenters. The Balaban J connectivity index is 1.56. The molecule has 1 N–H and O–H groups in total. The van der Waals surface area contributed by atoms with Gasteiger partial charge >= 0.3 is 0 Å². The lowest BCUT2D eigenvalue weighted by atomic mass is 10.2. The maximum atomic E-state index is 12.3. The number of benzene rings is 1. The molecule has 1 aromatic carbocycles. The molecule has 1 saturated heterocycles. The number of nitrogens with zero attached hydrogens (tertiary/aromatic N) is 2. The van der Waals surface area contributed by atoms with Crippen molar-refractivity contribution in [1.82, 2.24) is 10.3 Å². The third-order valence-corrected chi connectivity index (χ3v) is 3.92. The molecule has 1 amide bonds. The minimum Gasteiger partial charge on any atom is -0.494 e. The largest absolute Gasteiger partial charge is 0.494 e. The molecule has 1 aromatic heterocycles. The Hall–Kier alpha value is -2.56. The first-order chi connectivity index (χ1) is 11.3. The predicted octanol–water partition coefficient (Wildman–Crippen LogP) is 2.49. The molecule has 3 rings (SSSR count). The topological polar surface area (TPSA) is 54.5 Å². The zero-order valence-corrected chi connectivity index (χ0v) is 13.2. The summed E-state index contributed by atoms with van der Waals surface area (Å²) < 4.78 is 5.39. The number of aromatic nitrogens is 1. The van der Waals surface area contributed by atoms with E-state index in [0.717, 1.165) is 31.1 Å². The van der Waals surface area contributed by atoms with E-state index in [9.17, 15) is 4.79 Å². The zero-order valence-electron chi connectivity index (χ0n) is 13.2. The van der Waals surface area contributed by atoms with Crippen molar-refractivity contribution in [2.75, 3.05) is 24.6 Å². The van der Waals surface area contributed by atoms with Gasteiger partial charge in [-0.05, 0) is 49.7 Å². The summed E-state index contributed by atoms with van der Waals surface area (Å²) in [5.41, 5.74) is 0.657. The van der Waals surface area contributed by atoms with E-state index in [2.05, 4.69) is 15.2 Å². The van der Waals surface area contributed by atoms with Crippen molar-refractivity contribution in [2.24, 2.45) is 0 Å². The summed E-state index contributed by atoms with van der Waals surface area (Å²) in [5, 5.41) is 3.10. The Morgan fingerprint density at radius 2 is 2.13 bits per heavy atom. The quantitative estimate of drug-likeness (QED) is 0.922. The molecule has 1 aliphatic rings. The molecule has 5 heteroatoms. The second-order valence-electron chi connectivity index (χ2n) is 5.55. The Bertz CT molecular complexity index is 643. The number of amides is 1. The highest BCUT2D eigenvalue weighted by Gasteiger charge is 2.24. The minimum absolute atomic E-state index is 0.0408. The fraction of sp³-hybridized carbons (Fsp3) is 0.333. The van der Waals surface area contributed by atoms with E-state index < -0.39 is 0 Å². The van der Waals surface area contributed by atoms with Gasteiger partial charge in [-0.2, -0.15) is 0 Å². The van der Waals surface area contributed by atoms with Crippen molar-refractivity contribution in [1.29, 1.82) is 0 Å². The summed E-state index contributed by atoms with van der Waals surface area (Å²) >= 11 is 0. The number of anilines is 1. The highest BCUT2D eigenvalue weighted by molar-refractivity contribution is 5.94. The molecule has 2 aromatic rings. The van der Waals surface area contributed by atoms with E-state index in [1.54, 1.807) is 18.3 Å². The molecule has 0 saturated carbocycles. The van der Waals surface area contributed by atoms with E-state index in [0.29, 0.717) is 12.2 Å². The summed E-state index contributed by atoms with van der Waals surface area (Å²) in [6.07, 6.45) is 2.72. The number of rotatable bonds is 5. The molecule has 1 atom stereocenters. The molecular weight excluding hydrogens is 290 g/mol. The SMILES string of the molecule is CCOc1ccc(C(=O)NC2CCN(c3ccccn3)C2)cc1. The Morgan fingerprint density at radius 1 is 1.30 bits per heavy atom. The normalized spacial score (nSPS) is 17.1. The molecule has 0 spiro atoms. The van der Waals surface area contributed by atoms with Crippen LogP contribution >= 0.6 is 0 Å². The van der Waals surface area contributed by atoms with Crippen LogP contribution in [-0.4, -0.2) is 36.6 Å². The Labute approximate surface area is 136 Å². The molecule has 120 valence electrons. The summed E-state index contributed by atoms with van der Waals surface area (Å²) in [7, 11) is 0. The summed E-state index contributed by atoms with van der Waals surface area (Å²) in [6.45, 7) is 4.26. The van der Waals surface area contributed by atoms with Crippen LogP contribution in [0.5, 0.6) is 5.75 Å². The lowest BCUT2D eigenvalue weighted by molar-refractivity contribution is 0.0940. The van der Waals surface area contributed by atoms with Gasteiger partial charge in [-0.25, -0.2) is 4.98 Å². The summed E-state index contributed by atoms with van der Waals surface area (Å²) in [4.78, 5) is 18.9. The van der Waals surface area contributed by atoms with E-state index in [1.165, 1.54) is 0 Å². The van der Waals surface area contributed by atoms with Gasteiger partial charge in [0.05, 0.1) is 6.61 Å². The highest BCUT2D eigenvalue weighted by atomic mass is 16.5. The smallest absolute Gasteiger partial charge is 0.251 e. The van der Waals surface area contributed by atoms with Crippen molar-refractivity contribution in [2.45, 2.75) is 19.4 Å². The van der Waals surface area contributed by atoms with Gasteiger partial charge in [0.2, 0.25) is 0 Å². The van der Waals surface area contributed by atoms with E-state index in [1.807, 2.05) is 37.3 Å². The molecule has 23 heavy (non-hydrogen) atoms. The first-order valence-electron chi connectivity index (χ1n) is 7.96. The maximum Gasteiger partial charge on any atom is 0.251 e. The molecule has 0 bridgehead atoms. The van der Waals surface area contributed by atoms with Gasteiger partial charge in [0.15, 0.2) is 0 Å². The minimum atomic E-state index is -0.0408. The molecular formula is C18H21N3O2. The summed E-state index contributed by atoms with van der Waals surface area (Å²) in [6, 6.07) is 13.3. The van der Waals surface area contributed by atoms with Crippen LogP contribution in [0.15, 0.2) is 48.7 Å². The van der Waals surface area contributed by atoms with Crippen molar-refractivity contribution in [3.05, 3.63) is 54.2 Å². The van der Waals surface area contributed by atoms with E-state index in [4.69, 9.17) is 4.74 Å². The number of ether oxygens (including phenoxy) is 1. The van der Waals surface area contributed by atoms with Crippen LogP contribution < -0.4 is 15.0 Å². The average molecular weight is 311 g/mol. The Kier molecular flexibility index (Phi) is 4.76. The van der Waals surface area contributed by atoms with Gasteiger partial charge in [0.1, 0.15) is 11.6 Å². The van der Waals surface area contributed by atoms with Crippen LogP contribution in [0.3, 0.4) is 0 Å². The van der Waals surface area contributed by atoms with Gasteiger partial charge in [-0.15, -0.1) is 0 Å². The summed E-state index contributed by atoms with van der Waals surface area (Å²) in [5.74, 6) is 1.71. The second kappa shape index (κ2) is 7.13. The molecule has 1 fully saturated rings. The number of hydrogen-bond donors (Lipinski definition) is 1. The molecule has 0 radical (unpaired) electrons. The number of nitrogens with one attached hydrogen (secondary N) is 1. The van der Waals surface area contributed by atoms with Gasteiger partial charge in [0.25, 0.3) is 5.91 Å². The van der Waals surface area contributed by atoms with Gasteiger partial charge in [-0.1, -0.05) is 6.07 Å². The molecule has 5 nitrogen and oxygen atoms in total. The van der Waals surface area contributed by atoms with Crippen molar-refractivity contribution >= 4 is 11.7 Å². The van der Waals surface area contributed by atoms with Crippen molar-refractivity contribution < 1.29 is 9.53 Å². The first kappa shape index (κ1) is 15.3. The lowest BCUT2D eigenvalue weighted by Gasteiger charge is -2.17.